The van der Waals surface area contributed by atoms with Gasteiger partial charge in [-0.2, -0.15) is 0 Å². The van der Waals surface area contributed by atoms with Crippen LogP contribution in [0.15, 0.2) is 47.4 Å². The van der Waals surface area contributed by atoms with Crippen LogP contribution in [0.5, 0.6) is 11.5 Å². The molecule has 8 nitrogen and oxygen atoms in total. The number of hydrogen-bond donors (Lipinski definition) is 1. The number of ether oxygens (including phenoxy) is 1. The molecule has 0 fully saturated rings. The summed E-state index contributed by atoms with van der Waals surface area (Å²) in [6, 6.07) is 9.52. The van der Waals surface area contributed by atoms with E-state index in [1.165, 1.54) is 31.3 Å². The Morgan fingerprint density at radius 1 is 1.20 bits per heavy atom. The van der Waals surface area contributed by atoms with E-state index in [-0.39, 0.29) is 16.4 Å². The number of nitrogens with zero attached hydrogens (tertiary/aromatic N) is 1. The zero-order valence-electron chi connectivity index (χ0n) is 13.6. The molecule has 0 saturated carbocycles. The Labute approximate surface area is 144 Å². The Hall–Kier alpha value is -2.78. The van der Waals surface area contributed by atoms with E-state index in [2.05, 4.69) is 4.72 Å². The molecule has 0 saturated heterocycles. The molecule has 0 amide bonds. The summed E-state index contributed by atoms with van der Waals surface area (Å²) in [5.74, 6) is 0.161. The van der Waals surface area contributed by atoms with Crippen molar-refractivity contribution in [2.45, 2.75) is 18.2 Å². The fraction of sp³-hybridized carbons (Fsp3) is 0.188. The summed E-state index contributed by atoms with van der Waals surface area (Å²) in [6.45, 7) is 1.75. The number of carbonyl (C=O) groups is 1. The highest BCUT2D eigenvalue weighted by Crippen LogP contribution is 2.33. The number of nitro benzene ring substituents is 1. The molecule has 2 aromatic carbocycles. The second-order valence-corrected chi connectivity index (χ2v) is 6.88. The summed E-state index contributed by atoms with van der Waals surface area (Å²) in [5, 5.41) is 11.2. The van der Waals surface area contributed by atoms with Gasteiger partial charge in [0, 0.05) is 18.1 Å². The second-order valence-electron chi connectivity index (χ2n) is 5.00. The Morgan fingerprint density at radius 2 is 1.84 bits per heavy atom. The van der Waals surface area contributed by atoms with Gasteiger partial charge in [0.1, 0.15) is 5.75 Å². The number of nitrogens with one attached hydrogen (secondary N) is 1. The van der Waals surface area contributed by atoms with E-state index in [0.717, 1.165) is 6.07 Å². The molecule has 0 radical (unpaired) electrons. The minimum atomic E-state index is -3.81. The number of hydrogen-bond acceptors (Lipinski definition) is 6. The summed E-state index contributed by atoms with van der Waals surface area (Å²) in [6.07, 6.45) is 0.368. The van der Waals surface area contributed by atoms with Gasteiger partial charge in [-0.1, -0.05) is 6.92 Å². The molecule has 1 N–H and O–H groups in total. The van der Waals surface area contributed by atoms with Gasteiger partial charge in [-0.25, -0.2) is 13.1 Å². The first-order valence-corrected chi connectivity index (χ1v) is 8.80. The summed E-state index contributed by atoms with van der Waals surface area (Å²) in [4.78, 5) is 21.9. The molecule has 0 bridgehead atoms. The van der Waals surface area contributed by atoms with E-state index < -0.39 is 20.6 Å². The Morgan fingerprint density at radius 3 is 2.36 bits per heavy atom. The van der Waals surface area contributed by atoms with Crippen LogP contribution < -0.4 is 9.46 Å². The zero-order valence-corrected chi connectivity index (χ0v) is 14.4. The van der Waals surface area contributed by atoms with E-state index in [1.54, 1.807) is 19.1 Å². The summed E-state index contributed by atoms with van der Waals surface area (Å²) in [5.41, 5.74) is 0.0323. The SMILES string of the molecule is CCC(=O)c1ccc(Oc2ccc(S(=O)(=O)NC)cc2[N+](=O)[O-])cc1. The number of Topliss-reactive ketones (excluding diaryl/α,β-unsaturated/α-hetero) is 1. The van der Waals surface area contributed by atoms with E-state index in [1.807, 2.05) is 0 Å². The van der Waals surface area contributed by atoms with Gasteiger partial charge in [-0.05, 0) is 43.4 Å². The number of nitro groups is 1. The summed E-state index contributed by atoms with van der Waals surface area (Å²) < 4.78 is 31.1. The number of carbonyl (C=O) groups excluding carboxylic acids is 1. The lowest BCUT2D eigenvalue weighted by Crippen LogP contribution is -2.18. The van der Waals surface area contributed by atoms with Crippen LogP contribution in [0.4, 0.5) is 5.69 Å². The molecular formula is C16H16N2O6S. The molecule has 0 aliphatic carbocycles. The smallest absolute Gasteiger partial charge is 0.312 e. The summed E-state index contributed by atoms with van der Waals surface area (Å²) in [7, 11) is -2.60. The monoisotopic (exact) mass is 364 g/mol. The van der Waals surface area contributed by atoms with E-state index >= 15 is 0 Å². The maximum Gasteiger partial charge on any atom is 0.312 e. The molecule has 0 aliphatic heterocycles. The third-order valence-corrected chi connectivity index (χ3v) is 4.84. The van der Waals surface area contributed by atoms with Crippen LogP contribution in [0.25, 0.3) is 0 Å². The first-order valence-electron chi connectivity index (χ1n) is 7.31. The largest absolute Gasteiger partial charge is 0.450 e. The predicted molar refractivity (Wildman–Crippen MR) is 90.5 cm³/mol. The molecule has 0 aromatic heterocycles. The third-order valence-electron chi connectivity index (χ3n) is 3.43. The Bertz CT molecular complexity index is 907. The van der Waals surface area contributed by atoms with E-state index in [0.29, 0.717) is 17.7 Å². The van der Waals surface area contributed by atoms with Crippen molar-refractivity contribution in [2.75, 3.05) is 7.05 Å². The van der Waals surface area contributed by atoms with Crippen molar-refractivity contribution in [1.82, 2.24) is 4.72 Å². The molecule has 2 aromatic rings. The molecule has 0 heterocycles. The van der Waals surface area contributed by atoms with Crippen LogP contribution in [0.3, 0.4) is 0 Å². The lowest BCUT2D eigenvalue weighted by Gasteiger charge is -2.09. The van der Waals surface area contributed by atoms with Crippen LogP contribution in [0.2, 0.25) is 0 Å². The van der Waals surface area contributed by atoms with Crippen LogP contribution in [0, 0.1) is 10.1 Å². The van der Waals surface area contributed by atoms with Crippen LogP contribution in [0.1, 0.15) is 23.7 Å². The molecule has 9 heteroatoms. The van der Waals surface area contributed by atoms with Gasteiger partial charge >= 0.3 is 5.69 Å². The number of sulfonamides is 1. The fourth-order valence-electron chi connectivity index (χ4n) is 2.05. The second kappa shape index (κ2) is 7.41. The van der Waals surface area contributed by atoms with Crippen molar-refractivity contribution >= 4 is 21.5 Å². The maximum absolute atomic E-state index is 11.8. The van der Waals surface area contributed by atoms with Crippen LogP contribution >= 0.6 is 0 Å². The van der Waals surface area contributed by atoms with Crippen molar-refractivity contribution in [2.24, 2.45) is 0 Å². The highest BCUT2D eigenvalue weighted by Gasteiger charge is 2.22. The number of benzene rings is 2. The summed E-state index contributed by atoms with van der Waals surface area (Å²) >= 11 is 0. The molecule has 0 spiro atoms. The average molecular weight is 364 g/mol. The predicted octanol–water partition coefficient (Wildman–Crippen LogP) is 2.89. The van der Waals surface area contributed by atoms with Crippen molar-refractivity contribution in [3.8, 4) is 11.5 Å². The molecular weight excluding hydrogens is 348 g/mol. The molecule has 0 aliphatic rings. The highest BCUT2D eigenvalue weighted by atomic mass is 32.2. The first-order chi connectivity index (χ1) is 11.8. The molecule has 0 unspecified atom stereocenters. The Balaban J connectivity index is 2.36. The van der Waals surface area contributed by atoms with Gasteiger partial charge in [0.25, 0.3) is 0 Å². The van der Waals surface area contributed by atoms with Crippen LogP contribution in [-0.2, 0) is 10.0 Å². The van der Waals surface area contributed by atoms with Gasteiger partial charge < -0.3 is 4.74 Å². The van der Waals surface area contributed by atoms with E-state index in [4.69, 9.17) is 4.74 Å². The minimum Gasteiger partial charge on any atom is -0.450 e. The van der Waals surface area contributed by atoms with Gasteiger partial charge in [-0.3, -0.25) is 14.9 Å². The number of rotatable bonds is 7. The molecule has 0 atom stereocenters. The van der Waals surface area contributed by atoms with Gasteiger partial charge in [-0.15, -0.1) is 0 Å². The molecule has 25 heavy (non-hydrogen) atoms. The third kappa shape index (κ3) is 4.20. The van der Waals surface area contributed by atoms with Gasteiger partial charge in [0.15, 0.2) is 5.78 Å². The first kappa shape index (κ1) is 18.6. The fourth-order valence-corrected chi connectivity index (χ4v) is 2.80. The topological polar surface area (TPSA) is 116 Å². The zero-order chi connectivity index (χ0) is 18.6. The average Bonchev–Trinajstić information content (AvgIpc) is 2.61. The molecule has 2 rings (SSSR count). The van der Waals surface area contributed by atoms with Crippen molar-refractivity contribution in [3.63, 3.8) is 0 Å². The highest BCUT2D eigenvalue weighted by molar-refractivity contribution is 7.89. The maximum atomic E-state index is 11.8. The lowest BCUT2D eigenvalue weighted by atomic mass is 10.1. The normalized spacial score (nSPS) is 11.1. The minimum absolute atomic E-state index is 0.0286. The molecule has 132 valence electrons. The quantitative estimate of drug-likeness (QED) is 0.459. The van der Waals surface area contributed by atoms with Gasteiger partial charge in [0.05, 0.1) is 9.82 Å². The standard InChI is InChI=1S/C16H16N2O6S/c1-3-15(19)11-4-6-12(7-5-11)24-16-9-8-13(25(22,23)17-2)10-14(16)18(20)21/h4-10,17H,3H2,1-2H3. The van der Waals surface area contributed by atoms with Gasteiger partial charge in [0.2, 0.25) is 15.8 Å². The number of ketones is 1. The van der Waals surface area contributed by atoms with Crippen molar-refractivity contribution in [3.05, 3.63) is 58.1 Å². The van der Waals surface area contributed by atoms with E-state index in [9.17, 15) is 23.3 Å². The lowest BCUT2D eigenvalue weighted by molar-refractivity contribution is -0.385. The van der Waals surface area contributed by atoms with Crippen molar-refractivity contribution in [1.29, 1.82) is 0 Å². The van der Waals surface area contributed by atoms with Crippen LogP contribution in [-0.4, -0.2) is 26.2 Å². The van der Waals surface area contributed by atoms with Crippen molar-refractivity contribution < 1.29 is 22.9 Å². The Kier molecular flexibility index (Phi) is 5.50.